The lowest BCUT2D eigenvalue weighted by molar-refractivity contribution is -0.0737. The second-order valence-corrected chi connectivity index (χ2v) is 4.16. The van der Waals surface area contributed by atoms with E-state index in [1.54, 1.807) is 6.92 Å². The normalized spacial score (nSPS) is 30.7. The Labute approximate surface area is 89.6 Å². The van der Waals surface area contributed by atoms with Crippen molar-refractivity contribution < 1.29 is 14.6 Å². The van der Waals surface area contributed by atoms with Crippen LogP contribution in [0.2, 0.25) is 0 Å². The van der Waals surface area contributed by atoms with Gasteiger partial charge in [0.2, 0.25) is 0 Å². The standard InChI is InChI=1S/C12H16O3/c1-12(13)9-14-8-11(12)15-7-10-5-3-2-4-6-10/h2-6,11,13H,7-9H2,1H3/t11-,12+/m1/s1. The molecule has 3 heteroatoms. The van der Waals surface area contributed by atoms with Gasteiger partial charge in [0.05, 0.1) is 19.8 Å². The Morgan fingerprint density at radius 1 is 1.47 bits per heavy atom. The van der Waals surface area contributed by atoms with Crippen LogP contribution in [0.4, 0.5) is 0 Å². The molecule has 1 aliphatic rings. The van der Waals surface area contributed by atoms with Crippen LogP contribution in [0.3, 0.4) is 0 Å². The summed E-state index contributed by atoms with van der Waals surface area (Å²) in [7, 11) is 0. The monoisotopic (exact) mass is 208 g/mol. The summed E-state index contributed by atoms with van der Waals surface area (Å²) in [5.41, 5.74) is 0.259. The maximum atomic E-state index is 9.88. The Morgan fingerprint density at radius 2 is 2.20 bits per heavy atom. The summed E-state index contributed by atoms with van der Waals surface area (Å²) in [6.07, 6.45) is -0.224. The zero-order valence-electron chi connectivity index (χ0n) is 8.85. The van der Waals surface area contributed by atoms with Gasteiger partial charge in [-0.2, -0.15) is 0 Å². The van der Waals surface area contributed by atoms with Crippen molar-refractivity contribution >= 4 is 0 Å². The lowest BCUT2D eigenvalue weighted by Gasteiger charge is -2.23. The van der Waals surface area contributed by atoms with Crippen LogP contribution in [0.25, 0.3) is 0 Å². The van der Waals surface area contributed by atoms with E-state index >= 15 is 0 Å². The topological polar surface area (TPSA) is 38.7 Å². The molecule has 1 aliphatic heterocycles. The van der Waals surface area contributed by atoms with Gasteiger partial charge in [0.15, 0.2) is 0 Å². The van der Waals surface area contributed by atoms with Gasteiger partial charge in [-0.3, -0.25) is 0 Å². The van der Waals surface area contributed by atoms with Gasteiger partial charge in [-0.25, -0.2) is 0 Å². The first kappa shape index (κ1) is 10.6. The quantitative estimate of drug-likeness (QED) is 0.815. The van der Waals surface area contributed by atoms with E-state index in [9.17, 15) is 5.11 Å². The molecule has 0 radical (unpaired) electrons. The average Bonchev–Trinajstić information content (AvgIpc) is 2.56. The Bertz CT molecular complexity index is 308. The van der Waals surface area contributed by atoms with Crippen molar-refractivity contribution in [1.82, 2.24) is 0 Å². The smallest absolute Gasteiger partial charge is 0.113 e. The molecule has 0 spiro atoms. The van der Waals surface area contributed by atoms with Crippen molar-refractivity contribution in [3.63, 3.8) is 0 Å². The molecule has 1 heterocycles. The van der Waals surface area contributed by atoms with E-state index in [2.05, 4.69) is 0 Å². The summed E-state index contributed by atoms with van der Waals surface area (Å²) >= 11 is 0. The molecule has 0 aliphatic carbocycles. The molecule has 3 nitrogen and oxygen atoms in total. The molecule has 2 atom stereocenters. The molecule has 0 saturated carbocycles. The summed E-state index contributed by atoms with van der Waals surface area (Å²) in [6, 6.07) is 9.93. The van der Waals surface area contributed by atoms with Gasteiger partial charge in [0.1, 0.15) is 11.7 Å². The van der Waals surface area contributed by atoms with E-state index in [4.69, 9.17) is 9.47 Å². The third-order valence-corrected chi connectivity index (χ3v) is 2.65. The summed E-state index contributed by atoms with van der Waals surface area (Å²) in [4.78, 5) is 0. The van der Waals surface area contributed by atoms with Crippen molar-refractivity contribution in [2.45, 2.75) is 25.2 Å². The lowest BCUT2D eigenvalue weighted by Crippen LogP contribution is -2.39. The predicted molar refractivity (Wildman–Crippen MR) is 56.5 cm³/mol. The van der Waals surface area contributed by atoms with Crippen molar-refractivity contribution in [3.8, 4) is 0 Å². The van der Waals surface area contributed by atoms with E-state index in [0.717, 1.165) is 5.56 Å². The maximum Gasteiger partial charge on any atom is 0.113 e. The van der Waals surface area contributed by atoms with Crippen molar-refractivity contribution in [2.24, 2.45) is 0 Å². The molecule has 0 aromatic heterocycles. The molecule has 15 heavy (non-hydrogen) atoms. The molecule has 82 valence electrons. The minimum absolute atomic E-state index is 0.224. The third kappa shape index (κ3) is 2.56. The van der Waals surface area contributed by atoms with Crippen molar-refractivity contribution in [1.29, 1.82) is 0 Å². The fourth-order valence-corrected chi connectivity index (χ4v) is 1.64. The van der Waals surface area contributed by atoms with Crippen LogP contribution >= 0.6 is 0 Å². The molecule has 2 rings (SSSR count). The van der Waals surface area contributed by atoms with Crippen LogP contribution in [-0.2, 0) is 16.1 Å². The van der Waals surface area contributed by atoms with Crippen LogP contribution in [-0.4, -0.2) is 30.0 Å². The predicted octanol–water partition coefficient (Wildman–Crippen LogP) is 1.35. The maximum absolute atomic E-state index is 9.88. The van der Waals surface area contributed by atoms with Gasteiger partial charge >= 0.3 is 0 Å². The van der Waals surface area contributed by atoms with Gasteiger partial charge in [0.25, 0.3) is 0 Å². The number of hydrogen-bond donors (Lipinski definition) is 1. The minimum Gasteiger partial charge on any atom is -0.385 e. The number of aliphatic hydroxyl groups is 1. The molecule has 0 amide bonds. The molecule has 0 unspecified atom stereocenters. The van der Waals surface area contributed by atoms with E-state index in [1.165, 1.54) is 0 Å². The first-order chi connectivity index (χ1) is 7.18. The summed E-state index contributed by atoms with van der Waals surface area (Å²) in [6.45, 7) is 3.09. The van der Waals surface area contributed by atoms with Crippen molar-refractivity contribution in [3.05, 3.63) is 35.9 Å². The van der Waals surface area contributed by atoms with Gasteiger partial charge in [-0.1, -0.05) is 30.3 Å². The molecule has 1 aromatic rings. The summed E-state index contributed by atoms with van der Waals surface area (Å²) in [5, 5.41) is 9.88. The lowest BCUT2D eigenvalue weighted by atomic mass is 10.0. The van der Waals surface area contributed by atoms with Crippen LogP contribution in [0.1, 0.15) is 12.5 Å². The Hall–Kier alpha value is -0.900. The molecule has 0 bridgehead atoms. The zero-order chi connectivity index (χ0) is 10.7. The van der Waals surface area contributed by atoms with Gasteiger partial charge in [-0.05, 0) is 12.5 Å². The second-order valence-electron chi connectivity index (χ2n) is 4.16. The molecule has 1 fully saturated rings. The molecule has 1 N–H and O–H groups in total. The number of hydrogen-bond acceptors (Lipinski definition) is 3. The van der Waals surface area contributed by atoms with Crippen LogP contribution in [0, 0.1) is 0 Å². The van der Waals surface area contributed by atoms with E-state index in [0.29, 0.717) is 19.8 Å². The average molecular weight is 208 g/mol. The SMILES string of the molecule is C[C@]1(O)COC[C@H]1OCc1ccccc1. The molecular weight excluding hydrogens is 192 g/mol. The van der Waals surface area contributed by atoms with Gasteiger partial charge < -0.3 is 14.6 Å². The molecular formula is C12H16O3. The summed E-state index contributed by atoms with van der Waals surface area (Å²) in [5.74, 6) is 0. The van der Waals surface area contributed by atoms with E-state index in [-0.39, 0.29) is 6.10 Å². The number of rotatable bonds is 3. The highest BCUT2D eigenvalue weighted by Crippen LogP contribution is 2.22. The van der Waals surface area contributed by atoms with E-state index in [1.807, 2.05) is 30.3 Å². The molecule has 1 saturated heterocycles. The Balaban J connectivity index is 1.89. The molecule has 1 aromatic carbocycles. The third-order valence-electron chi connectivity index (χ3n) is 2.65. The zero-order valence-corrected chi connectivity index (χ0v) is 8.85. The first-order valence-corrected chi connectivity index (χ1v) is 5.14. The first-order valence-electron chi connectivity index (χ1n) is 5.14. The minimum atomic E-state index is -0.852. The highest BCUT2D eigenvalue weighted by molar-refractivity contribution is 5.13. The largest absolute Gasteiger partial charge is 0.385 e. The highest BCUT2D eigenvalue weighted by atomic mass is 16.6. The Morgan fingerprint density at radius 3 is 2.80 bits per heavy atom. The fourth-order valence-electron chi connectivity index (χ4n) is 1.64. The van der Waals surface area contributed by atoms with E-state index < -0.39 is 5.60 Å². The van der Waals surface area contributed by atoms with Crippen LogP contribution in [0.15, 0.2) is 30.3 Å². The van der Waals surface area contributed by atoms with Gasteiger partial charge in [0, 0.05) is 0 Å². The van der Waals surface area contributed by atoms with Crippen LogP contribution in [0.5, 0.6) is 0 Å². The van der Waals surface area contributed by atoms with Gasteiger partial charge in [-0.15, -0.1) is 0 Å². The Kier molecular flexibility index (Phi) is 3.05. The van der Waals surface area contributed by atoms with Crippen molar-refractivity contribution in [2.75, 3.05) is 13.2 Å². The summed E-state index contributed by atoms with van der Waals surface area (Å²) < 4.78 is 10.8. The fraction of sp³-hybridized carbons (Fsp3) is 0.500. The number of benzene rings is 1. The van der Waals surface area contributed by atoms with Crippen LogP contribution < -0.4 is 0 Å². The highest BCUT2D eigenvalue weighted by Gasteiger charge is 2.38. The number of ether oxygens (including phenoxy) is 2. The second kappa shape index (κ2) is 4.31.